The number of amides is 2. The van der Waals surface area contributed by atoms with Gasteiger partial charge in [0.25, 0.3) is 0 Å². The normalized spacial score (nSPS) is 21.0. The van der Waals surface area contributed by atoms with Crippen LogP contribution >= 0.6 is 0 Å². The van der Waals surface area contributed by atoms with Gasteiger partial charge < -0.3 is 10.0 Å². The number of rotatable bonds is 2. The molecule has 1 aliphatic carbocycles. The second kappa shape index (κ2) is 3.89. The van der Waals surface area contributed by atoms with Gasteiger partial charge >= 0.3 is 6.09 Å². The maximum atomic E-state index is 11.7. The number of nitrogens with zero attached hydrogens (tertiary/aromatic N) is 2. The summed E-state index contributed by atoms with van der Waals surface area (Å²) in [5, 5.41) is 9.21. The molecule has 0 bridgehead atoms. The van der Waals surface area contributed by atoms with Crippen molar-refractivity contribution >= 4 is 12.0 Å². The maximum absolute atomic E-state index is 11.7. The topological polar surface area (TPSA) is 60.9 Å². The minimum atomic E-state index is -0.902. The van der Waals surface area contributed by atoms with E-state index in [0.717, 1.165) is 12.8 Å². The summed E-state index contributed by atoms with van der Waals surface area (Å²) in [4.78, 5) is 26.2. The molecule has 2 fully saturated rings. The van der Waals surface area contributed by atoms with Crippen LogP contribution in [0.4, 0.5) is 4.79 Å². The Hall–Kier alpha value is -1.26. The molecule has 5 nitrogen and oxygen atoms in total. The van der Waals surface area contributed by atoms with Crippen LogP contribution in [0.15, 0.2) is 0 Å². The van der Waals surface area contributed by atoms with Crippen molar-refractivity contribution < 1.29 is 14.7 Å². The van der Waals surface area contributed by atoms with Crippen LogP contribution in [0.2, 0.25) is 0 Å². The molecule has 0 spiro atoms. The van der Waals surface area contributed by atoms with Crippen LogP contribution in [0.5, 0.6) is 0 Å². The van der Waals surface area contributed by atoms with Gasteiger partial charge in [-0.2, -0.15) is 0 Å². The lowest BCUT2D eigenvalue weighted by molar-refractivity contribution is -0.140. The van der Waals surface area contributed by atoms with Gasteiger partial charge in [-0.05, 0) is 33.6 Å². The number of carboxylic acid groups (broad SMARTS) is 1. The van der Waals surface area contributed by atoms with Gasteiger partial charge in [0.1, 0.15) is 0 Å². The third-order valence-electron chi connectivity index (χ3n) is 3.39. The minimum absolute atomic E-state index is 0.0461. The zero-order valence-electron chi connectivity index (χ0n) is 10.6. The van der Waals surface area contributed by atoms with Gasteiger partial charge in [0, 0.05) is 24.5 Å². The molecule has 0 unspecified atom stereocenters. The molecule has 96 valence electrons. The second-order valence-electron chi connectivity index (χ2n) is 5.99. The summed E-state index contributed by atoms with van der Waals surface area (Å²) in [5.41, 5.74) is -0.411. The molecule has 1 heterocycles. The largest absolute Gasteiger partial charge is 0.465 e. The zero-order valence-corrected chi connectivity index (χ0v) is 10.6. The fourth-order valence-electron chi connectivity index (χ4n) is 2.38. The van der Waals surface area contributed by atoms with Crippen molar-refractivity contribution in [3.05, 3.63) is 0 Å². The molecule has 2 rings (SSSR count). The Bertz CT molecular complexity index is 338. The minimum Gasteiger partial charge on any atom is -0.465 e. The molecule has 1 saturated carbocycles. The first kappa shape index (κ1) is 12.2. The molecule has 0 aromatic rings. The molecule has 2 aliphatic rings. The first-order valence-electron chi connectivity index (χ1n) is 6.11. The van der Waals surface area contributed by atoms with E-state index in [-0.39, 0.29) is 17.9 Å². The lowest BCUT2D eigenvalue weighted by Crippen LogP contribution is -2.66. The molecule has 0 radical (unpaired) electrons. The summed E-state index contributed by atoms with van der Waals surface area (Å²) in [6, 6.07) is -0.0461. The summed E-state index contributed by atoms with van der Waals surface area (Å²) in [6.45, 7) is 6.75. The van der Waals surface area contributed by atoms with E-state index >= 15 is 0 Å². The number of hydrogen-bond donors (Lipinski definition) is 1. The Morgan fingerprint density at radius 3 is 2.12 bits per heavy atom. The smallest absolute Gasteiger partial charge is 0.408 e. The van der Waals surface area contributed by atoms with Crippen LogP contribution in [-0.2, 0) is 4.79 Å². The first-order valence-corrected chi connectivity index (χ1v) is 6.11. The molecule has 2 amide bonds. The molecular formula is C12H20N2O3. The van der Waals surface area contributed by atoms with Gasteiger partial charge in [-0.25, -0.2) is 4.79 Å². The van der Waals surface area contributed by atoms with E-state index in [0.29, 0.717) is 13.1 Å². The van der Waals surface area contributed by atoms with Gasteiger partial charge in [-0.3, -0.25) is 9.69 Å². The summed E-state index contributed by atoms with van der Waals surface area (Å²) < 4.78 is 0. The summed E-state index contributed by atoms with van der Waals surface area (Å²) in [5.74, 6) is 0.435. The highest BCUT2D eigenvalue weighted by atomic mass is 16.4. The maximum Gasteiger partial charge on any atom is 0.408 e. The molecular weight excluding hydrogens is 220 g/mol. The van der Waals surface area contributed by atoms with Crippen molar-refractivity contribution in [1.29, 1.82) is 0 Å². The predicted octanol–water partition coefficient (Wildman–Crippen LogP) is 1.39. The Kier molecular flexibility index (Phi) is 2.79. The highest BCUT2D eigenvalue weighted by molar-refractivity contribution is 5.82. The van der Waals surface area contributed by atoms with Crippen molar-refractivity contribution in [1.82, 2.24) is 9.80 Å². The molecule has 1 N–H and O–H groups in total. The van der Waals surface area contributed by atoms with Gasteiger partial charge in [-0.1, -0.05) is 0 Å². The van der Waals surface area contributed by atoms with E-state index in [1.807, 2.05) is 20.8 Å². The Morgan fingerprint density at radius 2 is 1.76 bits per heavy atom. The van der Waals surface area contributed by atoms with Gasteiger partial charge in [0.05, 0.1) is 6.04 Å². The SMILES string of the molecule is CC(C)(C)N(C(=O)O)C1CN(C(=O)C2CC2)C1. The van der Waals surface area contributed by atoms with Crippen molar-refractivity contribution in [3.63, 3.8) is 0 Å². The first-order chi connectivity index (χ1) is 7.80. The van der Waals surface area contributed by atoms with Gasteiger partial charge in [-0.15, -0.1) is 0 Å². The van der Waals surface area contributed by atoms with Crippen molar-refractivity contribution in [2.45, 2.75) is 45.2 Å². The molecule has 0 atom stereocenters. The standard InChI is InChI=1S/C12H20N2O3/c1-12(2,3)14(11(16)17)9-6-13(7-9)10(15)8-4-5-8/h8-9H,4-7H2,1-3H3,(H,16,17). The Morgan fingerprint density at radius 1 is 1.24 bits per heavy atom. The summed E-state index contributed by atoms with van der Waals surface area (Å²) >= 11 is 0. The van der Waals surface area contributed by atoms with Crippen LogP contribution in [0.3, 0.4) is 0 Å². The van der Waals surface area contributed by atoms with Crippen molar-refractivity contribution in [3.8, 4) is 0 Å². The number of carbonyl (C=O) groups excluding carboxylic acids is 1. The highest BCUT2D eigenvalue weighted by Crippen LogP contribution is 2.34. The zero-order chi connectivity index (χ0) is 12.8. The lowest BCUT2D eigenvalue weighted by Gasteiger charge is -2.49. The van der Waals surface area contributed by atoms with Crippen LogP contribution in [0, 0.1) is 5.92 Å². The van der Waals surface area contributed by atoms with Crippen LogP contribution < -0.4 is 0 Å². The fraction of sp³-hybridized carbons (Fsp3) is 0.833. The van der Waals surface area contributed by atoms with E-state index in [4.69, 9.17) is 0 Å². The van der Waals surface area contributed by atoms with Gasteiger partial charge in [0.15, 0.2) is 0 Å². The fourth-order valence-corrected chi connectivity index (χ4v) is 2.38. The van der Waals surface area contributed by atoms with Crippen molar-refractivity contribution in [2.75, 3.05) is 13.1 Å². The average molecular weight is 240 g/mol. The molecule has 0 aromatic heterocycles. The molecule has 1 aliphatic heterocycles. The monoisotopic (exact) mass is 240 g/mol. The van der Waals surface area contributed by atoms with Crippen LogP contribution in [0.1, 0.15) is 33.6 Å². The average Bonchev–Trinajstić information content (AvgIpc) is 2.88. The third kappa shape index (κ3) is 2.37. The predicted molar refractivity (Wildman–Crippen MR) is 62.7 cm³/mol. The van der Waals surface area contributed by atoms with E-state index in [9.17, 15) is 14.7 Å². The summed E-state index contributed by atoms with van der Waals surface area (Å²) in [6.07, 6.45) is 1.10. The van der Waals surface area contributed by atoms with E-state index in [2.05, 4.69) is 0 Å². The second-order valence-corrected chi connectivity index (χ2v) is 5.99. The van der Waals surface area contributed by atoms with E-state index in [1.54, 1.807) is 4.90 Å². The highest BCUT2D eigenvalue weighted by Gasteiger charge is 2.44. The van der Waals surface area contributed by atoms with Gasteiger partial charge in [0.2, 0.25) is 5.91 Å². The molecule has 5 heteroatoms. The van der Waals surface area contributed by atoms with E-state index in [1.165, 1.54) is 4.90 Å². The lowest BCUT2D eigenvalue weighted by atomic mass is 9.98. The Labute approximate surface area is 101 Å². The molecule has 17 heavy (non-hydrogen) atoms. The number of carbonyl (C=O) groups is 2. The molecule has 1 saturated heterocycles. The quantitative estimate of drug-likeness (QED) is 0.793. The summed E-state index contributed by atoms with van der Waals surface area (Å²) in [7, 11) is 0. The number of likely N-dealkylation sites (tertiary alicyclic amines) is 1. The number of hydrogen-bond acceptors (Lipinski definition) is 2. The van der Waals surface area contributed by atoms with Crippen molar-refractivity contribution in [2.24, 2.45) is 5.92 Å². The van der Waals surface area contributed by atoms with Crippen LogP contribution in [-0.4, -0.2) is 51.6 Å². The third-order valence-corrected chi connectivity index (χ3v) is 3.39. The Balaban J connectivity index is 1.92. The molecule has 0 aromatic carbocycles. The van der Waals surface area contributed by atoms with E-state index < -0.39 is 11.6 Å². The van der Waals surface area contributed by atoms with Crippen LogP contribution in [0.25, 0.3) is 0 Å².